The van der Waals surface area contributed by atoms with Crippen LogP contribution in [0.1, 0.15) is 31.1 Å². The molecule has 39 heavy (non-hydrogen) atoms. The topological polar surface area (TPSA) is 125 Å². The first-order valence-electron chi connectivity index (χ1n) is 12.5. The third kappa shape index (κ3) is 6.10. The molecule has 11 heteroatoms. The number of hydrogen-bond acceptors (Lipinski definition) is 6. The van der Waals surface area contributed by atoms with E-state index in [1.807, 2.05) is 6.07 Å². The molecule has 1 unspecified atom stereocenters. The predicted octanol–water partition coefficient (Wildman–Crippen LogP) is 3.72. The van der Waals surface area contributed by atoms with E-state index in [4.69, 9.17) is 4.74 Å². The second-order valence-corrected chi connectivity index (χ2v) is 10.8. The molecular formula is C28H30N4O6S. The fourth-order valence-electron chi connectivity index (χ4n) is 4.21. The maximum Gasteiger partial charge on any atom is 0.268 e. The first-order chi connectivity index (χ1) is 18.6. The third-order valence-corrected chi connectivity index (χ3v) is 8.31. The number of benzene rings is 3. The maximum atomic E-state index is 12.9. The molecule has 0 saturated carbocycles. The molecule has 1 atom stereocenters. The van der Waals surface area contributed by atoms with Crippen LogP contribution in [0.4, 0.5) is 17.1 Å². The molecule has 3 amide bonds. The Balaban J connectivity index is 1.52. The lowest BCUT2D eigenvalue weighted by Gasteiger charge is -2.33. The number of carbonyl (C=O) groups is 3. The number of ether oxygens (including phenoxy) is 1. The average molecular weight is 551 g/mol. The van der Waals surface area contributed by atoms with Crippen LogP contribution in [0.15, 0.2) is 77.7 Å². The van der Waals surface area contributed by atoms with E-state index in [2.05, 4.69) is 10.6 Å². The van der Waals surface area contributed by atoms with E-state index in [9.17, 15) is 22.8 Å². The van der Waals surface area contributed by atoms with Gasteiger partial charge in [-0.05, 0) is 61.5 Å². The van der Waals surface area contributed by atoms with Gasteiger partial charge in [0.1, 0.15) is 12.3 Å². The minimum Gasteiger partial charge on any atom is -0.479 e. The summed E-state index contributed by atoms with van der Waals surface area (Å²) in [7, 11) is -3.64. The second kappa shape index (κ2) is 11.7. The zero-order chi connectivity index (χ0) is 28.2. The molecule has 0 aromatic heterocycles. The van der Waals surface area contributed by atoms with Gasteiger partial charge in [0.05, 0.1) is 10.6 Å². The van der Waals surface area contributed by atoms with Gasteiger partial charge in [-0.2, -0.15) is 4.31 Å². The average Bonchev–Trinajstić information content (AvgIpc) is 2.92. The molecule has 0 saturated heterocycles. The number of sulfonamides is 1. The SMILES string of the molecule is CCN(CC)S(=O)(=O)c1ccc(C(=O)Nc2ccc3c(c2)N(CC(=O)Nc2ccccc2)C(=O)C(C)O3)cc1. The molecule has 1 aliphatic heterocycles. The van der Waals surface area contributed by atoms with Gasteiger partial charge in [-0.3, -0.25) is 19.3 Å². The third-order valence-electron chi connectivity index (χ3n) is 6.24. The van der Waals surface area contributed by atoms with E-state index < -0.39 is 22.0 Å². The summed E-state index contributed by atoms with van der Waals surface area (Å²) < 4.78 is 32.5. The minimum absolute atomic E-state index is 0.103. The summed E-state index contributed by atoms with van der Waals surface area (Å²) in [6.45, 7) is 5.57. The van der Waals surface area contributed by atoms with Crippen molar-refractivity contribution >= 4 is 44.8 Å². The maximum absolute atomic E-state index is 12.9. The molecular weight excluding hydrogens is 520 g/mol. The minimum atomic E-state index is -3.64. The molecule has 0 spiro atoms. The molecule has 204 valence electrons. The van der Waals surface area contributed by atoms with Gasteiger partial charge < -0.3 is 15.4 Å². The molecule has 10 nitrogen and oxygen atoms in total. The Kier molecular flexibility index (Phi) is 8.32. The fourth-order valence-corrected chi connectivity index (χ4v) is 5.67. The molecule has 1 aliphatic rings. The van der Waals surface area contributed by atoms with Crippen LogP contribution in [0, 0.1) is 0 Å². The van der Waals surface area contributed by atoms with Crippen molar-refractivity contribution in [3.63, 3.8) is 0 Å². The van der Waals surface area contributed by atoms with Gasteiger partial charge in [0, 0.05) is 30.0 Å². The molecule has 1 heterocycles. The van der Waals surface area contributed by atoms with Crippen molar-refractivity contribution in [2.24, 2.45) is 0 Å². The van der Waals surface area contributed by atoms with Crippen LogP contribution in [-0.2, 0) is 19.6 Å². The van der Waals surface area contributed by atoms with Crippen LogP contribution >= 0.6 is 0 Å². The normalized spacial score (nSPS) is 14.9. The molecule has 4 rings (SSSR count). The fraction of sp³-hybridized carbons (Fsp3) is 0.250. The van der Waals surface area contributed by atoms with Crippen LogP contribution in [-0.4, -0.2) is 56.2 Å². The smallest absolute Gasteiger partial charge is 0.268 e. The molecule has 0 aliphatic carbocycles. The van der Waals surface area contributed by atoms with Gasteiger partial charge in [0.2, 0.25) is 15.9 Å². The summed E-state index contributed by atoms with van der Waals surface area (Å²) in [5.41, 5.74) is 1.58. The van der Waals surface area contributed by atoms with Crippen molar-refractivity contribution in [1.29, 1.82) is 0 Å². The molecule has 3 aromatic carbocycles. The summed E-state index contributed by atoms with van der Waals surface area (Å²) in [6.07, 6.45) is -0.784. The first kappa shape index (κ1) is 27.8. The van der Waals surface area contributed by atoms with Gasteiger partial charge in [-0.15, -0.1) is 0 Å². The zero-order valence-corrected chi connectivity index (χ0v) is 22.7. The van der Waals surface area contributed by atoms with Crippen LogP contribution in [0.5, 0.6) is 5.75 Å². The Bertz CT molecular complexity index is 1470. The largest absolute Gasteiger partial charge is 0.479 e. The lowest BCUT2D eigenvalue weighted by Crippen LogP contribution is -2.47. The molecule has 0 radical (unpaired) electrons. The van der Waals surface area contributed by atoms with E-state index in [-0.39, 0.29) is 28.8 Å². The Labute approximate surface area is 227 Å². The standard InChI is InChI=1S/C28H30N4O6S/c1-4-31(5-2)39(36,37)23-14-11-20(12-15-23)27(34)30-22-13-16-25-24(17-22)32(28(35)19(3)38-25)18-26(33)29-21-9-7-6-8-10-21/h6-17,19H,4-5,18H2,1-3H3,(H,29,33)(H,30,34). The number of para-hydroxylation sites is 1. The predicted molar refractivity (Wildman–Crippen MR) is 148 cm³/mol. The van der Waals surface area contributed by atoms with Crippen molar-refractivity contribution in [2.45, 2.75) is 31.8 Å². The highest BCUT2D eigenvalue weighted by Crippen LogP contribution is 2.36. The van der Waals surface area contributed by atoms with Crippen molar-refractivity contribution in [3.8, 4) is 5.75 Å². The van der Waals surface area contributed by atoms with Gasteiger partial charge in [-0.1, -0.05) is 32.0 Å². The van der Waals surface area contributed by atoms with Crippen LogP contribution in [0.25, 0.3) is 0 Å². The molecule has 0 bridgehead atoms. The zero-order valence-electron chi connectivity index (χ0n) is 21.9. The van der Waals surface area contributed by atoms with E-state index >= 15 is 0 Å². The molecule has 2 N–H and O–H groups in total. The van der Waals surface area contributed by atoms with Crippen molar-refractivity contribution in [1.82, 2.24) is 4.31 Å². The highest BCUT2D eigenvalue weighted by atomic mass is 32.2. The summed E-state index contributed by atoms with van der Waals surface area (Å²) in [5, 5.41) is 5.52. The Morgan fingerprint density at radius 2 is 1.59 bits per heavy atom. The van der Waals surface area contributed by atoms with Crippen LogP contribution in [0.2, 0.25) is 0 Å². The Hall–Kier alpha value is -4.22. The second-order valence-electron chi connectivity index (χ2n) is 8.85. The number of nitrogens with zero attached hydrogens (tertiary/aromatic N) is 2. The quantitative estimate of drug-likeness (QED) is 0.418. The lowest BCUT2D eigenvalue weighted by molar-refractivity contribution is -0.127. The number of amides is 3. The van der Waals surface area contributed by atoms with E-state index in [0.29, 0.717) is 35.9 Å². The number of anilines is 3. The van der Waals surface area contributed by atoms with Crippen LogP contribution in [0.3, 0.4) is 0 Å². The Morgan fingerprint density at radius 1 is 0.923 bits per heavy atom. The number of nitrogens with one attached hydrogen (secondary N) is 2. The van der Waals surface area contributed by atoms with Crippen molar-refractivity contribution in [2.75, 3.05) is 35.2 Å². The molecule has 0 fully saturated rings. The summed E-state index contributed by atoms with van der Waals surface area (Å²) in [4.78, 5) is 40.0. The summed E-state index contributed by atoms with van der Waals surface area (Å²) in [5.74, 6) is -0.840. The van der Waals surface area contributed by atoms with Gasteiger partial charge in [-0.25, -0.2) is 8.42 Å². The highest BCUT2D eigenvalue weighted by molar-refractivity contribution is 7.89. The van der Waals surface area contributed by atoms with Gasteiger partial charge in [0.25, 0.3) is 11.8 Å². The summed E-state index contributed by atoms with van der Waals surface area (Å²) >= 11 is 0. The van der Waals surface area contributed by atoms with Crippen LogP contribution < -0.4 is 20.3 Å². The first-order valence-corrected chi connectivity index (χ1v) is 14.0. The van der Waals surface area contributed by atoms with Gasteiger partial charge >= 0.3 is 0 Å². The van der Waals surface area contributed by atoms with E-state index in [0.717, 1.165) is 0 Å². The monoisotopic (exact) mass is 550 g/mol. The Morgan fingerprint density at radius 3 is 2.23 bits per heavy atom. The van der Waals surface area contributed by atoms with Crippen molar-refractivity contribution in [3.05, 3.63) is 78.4 Å². The van der Waals surface area contributed by atoms with Crippen molar-refractivity contribution < 1.29 is 27.5 Å². The van der Waals surface area contributed by atoms with Gasteiger partial charge in [0.15, 0.2) is 6.10 Å². The number of carbonyl (C=O) groups excluding carboxylic acids is 3. The summed E-state index contributed by atoms with van der Waals surface area (Å²) in [6, 6.07) is 19.4. The highest BCUT2D eigenvalue weighted by Gasteiger charge is 2.33. The van der Waals surface area contributed by atoms with E-state index in [1.54, 1.807) is 63.2 Å². The number of hydrogen-bond donors (Lipinski definition) is 2. The number of fused-ring (bicyclic) bond motifs is 1. The number of rotatable bonds is 9. The van der Waals surface area contributed by atoms with E-state index in [1.165, 1.54) is 33.5 Å². The molecule has 3 aromatic rings. The lowest BCUT2D eigenvalue weighted by atomic mass is 10.1.